The molecule has 0 aromatic heterocycles. The van der Waals surface area contributed by atoms with E-state index in [9.17, 15) is 0 Å². The first-order chi connectivity index (χ1) is 8.09. The summed E-state index contributed by atoms with van der Waals surface area (Å²) in [7, 11) is 2.59. The second-order valence-electron chi connectivity index (χ2n) is 4.38. The highest BCUT2D eigenvalue weighted by atomic mass is 28.4. The third-order valence-electron chi connectivity index (χ3n) is 3.12. The van der Waals surface area contributed by atoms with Crippen molar-refractivity contribution >= 4 is 8.80 Å². The average molecular weight is 263 g/mol. The van der Waals surface area contributed by atoms with Gasteiger partial charge in [0.25, 0.3) is 0 Å². The molecule has 0 aliphatic rings. The zero-order valence-corrected chi connectivity index (χ0v) is 13.3. The molecule has 0 aromatic rings. The zero-order valence-electron chi connectivity index (χ0n) is 12.3. The summed E-state index contributed by atoms with van der Waals surface area (Å²) < 4.78 is 16.4. The second kappa shape index (κ2) is 9.05. The van der Waals surface area contributed by atoms with Gasteiger partial charge < -0.3 is 18.2 Å². The van der Waals surface area contributed by atoms with Crippen LogP contribution in [0.4, 0.5) is 0 Å². The number of nitrogens with zero attached hydrogens (tertiary/aromatic N) is 1. The van der Waals surface area contributed by atoms with Crippen LogP contribution in [-0.2, 0) is 13.3 Å². The highest BCUT2D eigenvalue weighted by molar-refractivity contribution is 6.60. The molecule has 0 spiro atoms. The van der Waals surface area contributed by atoms with Crippen molar-refractivity contribution in [2.75, 3.05) is 34.4 Å². The lowest BCUT2D eigenvalue weighted by Crippen LogP contribution is -2.49. The normalized spacial score (nSPS) is 14.3. The van der Waals surface area contributed by atoms with Gasteiger partial charge in [0.05, 0.1) is 0 Å². The van der Waals surface area contributed by atoms with Crippen LogP contribution in [0.1, 0.15) is 33.6 Å². The maximum Gasteiger partial charge on any atom is 0.501 e. The third-order valence-corrected chi connectivity index (χ3v) is 6.08. The third kappa shape index (κ3) is 5.48. The first kappa shape index (κ1) is 17.1. The van der Waals surface area contributed by atoms with Gasteiger partial charge in [0.2, 0.25) is 0 Å². The van der Waals surface area contributed by atoms with E-state index < -0.39 is 8.80 Å². The van der Waals surface area contributed by atoms with Crippen LogP contribution in [-0.4, -0.2) is 54.2 Å². The summed E-state index contributed by atoms with van der Waals surface area (Å²) in [6.45, 7) is 8.89. The largest absolute Gasteiger partial charge is 0.501 e. The van der Waals surface area contributed by atoms with Crippen LogP contribution >= 0.6 is 0 Å². The lowest BCUT2D eigenvalue weighted by atomic mass is 10.2. The maximum atomic E-state index is 5.48. The SMILES string of the molecule is CCCN(CCC)C(C)C[Si](OC)(OC)OC. The minimum absolute atomic E-state index is 0.432. The van der Waals surface area contributed by atoms with Crippen LogP contribution in [0, 0.1) is 0 Å². The molecule has 17 heavy (non-hydrogen) atoms. The summed E-state index contributed by atoms with van der Waals surface area (Å²) in [5.41, 5.74) is 0. The van der Waals surface area contributed by atoms with Crippen LogP contribution in [0.25, 0.3) is 0 Å². The van der Waals surface area contributed by atoms with E-state index in [1.54, 1.807) is 21.3 Å². The second-order valence-corrected chi connectivity index (χ2v) is 7.38. The molecule has 0 heterocycles. The van der Waals surface area contributed by atoms with E-state index in [2.05, 4.69) is 25.7 Å². The molecule has 0 N–H and O–H groups in total. The minimum Gasteiger partial charge on any atom is -0.377 e. The van der Waals surface area contributed by atoms with E-state index in [0.29, 0.717) is 6.04 Å². The van der Waals surface area contributed by atoms with Gasteiger partial charge in [-0.05, 0) is 32.9 Å². The van der Waals surface area contributed by atoms with Crippen molar-refractivity contribution in [2.24, 2.45) is 0 Å². The molecule has 104 valence electrons. The summed E-state index contributed by atoms with van der Waals surface area (Å²) in [6, 6.07) is 1.28. The first-order valence-electron chi connectivity index (χ1n) is 6.48. The van der Waals surface area contributed by atoms with E-state index in [-0.39, 0.29) is 0 Å². The summed E-state index contributed by atoms with van der Waals surface area (Å²) in [5, 5.41) is 0. The predicted molar refractivity (Wildman–Crippen MR) is 73.2 cm³/mol. The van der Waals surface area contributed by atoms with Gasteiger partial charge in [0, 0.05) is 33.4 Å². The molecule has 1 atom stereocenters. The van der Waals surface area contributed by atoms with Gasteiger partial charge in [-0.1, -0.05) is 13.8 Å². The lowest BCUT2D eigenvalue weighted by Gasteiger charge is -2.33. The molecule has 0 rings (SSSR count). The maximum absolute atomic E-state index is 5.48. The van der Waals surface area contributed by atoms with E-state index >= 15 is 0 Å². The van der Waals surface area contributed by atoms with E-state index in [4.69, 9.17) is 13.3 Å². The Bertz CT molecular complexity index is 174. The fourth-order valence-electron chi connectivity index (χ4n) is 2.12. The van der Waals surface area contributed by atoms with Crippen molar-refractivity contribution < 1.29 is 13.3 Å². The molecule has 0 saturated heterocycles. The van der Waals surface area contributed by atoms with Crippen molar-refractivity contribution in [1.29, 1.82) is 0 Å². The number of rotatable bonds is 10. The Morgan fingerprint density at radius 2 is 1.35 bits per heavy atom. The van der Waals surface area contributed by atoms with Crippen molar-refractivity contribution in [3.8, 4) is 0 Å². The van der Waals surface area contributed by atoms with E-state index in [0.717, 1.165) is 19.1 Å². The van der Waals surface area contributed by atoms with E-state index in [1.165, 1.54) is 12.8 Å². The predicted octanol–water partition coefficient (Wildman–Crippen LogP) is 2.38. The zero-order chi connectivity index (χ0) is 13.3. The van der Waals surface area contributed by atoms with Crippen molar-refractivity contribution in [3.05, 3.63) is 0 Å². The quantitative estimate of drug-likeness (QED) is 0.566. The van der Waals surface area contributed by atoms with Crippen LogP contribution in [0.15, 0.2) is 0 Å². The van der Waals surface area contributed by atoms with Crippen molar-refractivity contribution in [2.45, 2.75) is 45.7 Å². The monoisotopic (exact) mass is 263 g/mol. The fraction of sp³-hybridized carbons (Fsp3) is 1.00. The van der Waals surface area contributed by atoms with Gasteiger partial charge in [-0.3, -0.25) is 0 Å². The topological polar surface area (TPSA) is 30.9 Å². The molecular formula is C12H29NO3Si. The molecular weight excluding hydrogens is 234 g/mol. The summed E-state index contributed by atoms with van der Waals surface area (Å²) in [5.74, 6) is 0. The Balaban J connectivity index is 4.48. The Morgan fingerprint density at radius 3 is 1.65 bits per heavy atom. The molecule has 4 nitrogen and oxygen atoms in total. The van der Waals surface area contributed by atoms with Gasteiger partial charge in [-0.2, -0.15) is 0 Å². The molecule has 0 aliphatic carbocycles. The molecule has 1 unspecified atom stereocenters. The van der Waals surface area contributed by atoms with Crippen LogP contribution in [0.5, 0.6) is 0 Å². The molecule has 0 saturated carbocycles. The van der Waals surface area contributed by atoms with Crippen molar-refractivity contribution in [1.82, 2.24) is 4.90 Å². The van der Waals surface area contributed by atoms with Gasteiger partial charge in [0.1, 0.15) is 0 Å². The van der Waals surface area contributed by atoms with Gasteiger partial charge in [-0.25, -0.2) is 0 Å². The van der Waals surface area contributed by atoms with Gasteiger partial charge in [-0.15, -0.1) is 0 Å². The Hall–Kier alpha value is 0.0569. The smallest absolute Gasteiger partial charge is 0.377 e. The summed E-state index contributed by atoms with van der Waals surface area (Å²) >= 11 is 0. The van der Waals surface area contributed by atoms with Crippen LogP contribution in [0.3, 0.4) is 0 Å². The first-order valence-corrected chi connectivity index (χ1v) is 8.41. The number of hydrogen-bond acceptors (Lipinski definition) is 4. The molecule has 0 aromatic carbocycles. The standard InChI is InChI=1S/C12H29NO3Si/c1-7-9-13(10-8-2)12(3)11-17(14-4,15-5)16-6/h12H,7-11H2,1-6H3. The summed E-state index contributed by atoms with van der Waals surface area (Å²) in [6.07, 6.45) is 2.34. The molecule has 0 fully saturated rings. The Labute approximate surface area is 108 Å². The highest BCUT2D eigenvalue weighted by Gasteiger charge is 2.40. The molecule has 0 aliphatic heterocycles. The minimum atomic E-state index is -2.44. The van der Waals surface area contributed by atoms with Crippen LogP contribution in [0.2, 0.25) is 6.04 Å². The lowest BCUT2D eigenvalue weighted by molar-refractivity contribution is 0.108. The molecule has 5 heteroatoms. The molecule has 0 bridgehead atoms. The van der Waals surface area contributed by atoms with Crippen LogP contribution < -0.4 is 0 Å². The van der Waals surface area contributed by atoms with Gasteiger partial charge in [0.15, 0.2) is 0 Å². The average Bonchev–Trinajstić information content (AvgIpc) is 2.35. The van der Waals surface area contributed by atoms with Gasteiger partial charge >= 0.3 is 8.80 Å². The molecule has 0 amide bonds. The highest BCUT2D eigenvalue weighted by Crippen LogP contribution is 2.19. The Kier molecular flexibility index (Phi) is 9.08. The van der Waals surface area contributed by atoms with Crippen molar-refractivity contribution in [3.63, 3.8) is 0 Å². The van der Waals surface area contributed by atoms with E-state index in [1.807, 2.05) is 0 Å². The number of hydrogen-bond donors (Lipinski definition) is 0. The molecule has 0 radical (unpaired) electrons. The fourth-order valence-corrected chi connectivity index (χ4v) is 4.10. The Morgan fingerprint density at radius 1 is 0.941 bits per heavy atom. The summed E-state index contributed by atoms with van der Waals surface area (Å²) in [4.78, 5) is 2.48.